The quantitative estimate of drug-likeness (QED) is 0.669. The minimum atomic E-state index is -3.42. The van der Waals surface area contributed by atoms with Crippen LogP contribution in [0.15, 0.2) is 59.5 Å². The zero-order valence-corrected chi connectivity index (χ0v) is 17.0. The van der Waals surface area contributed by atoms with Gasteiger partial charge in [-0.1, -0.05) is 42.5 Å². The van der Waals surface area contributed by atoms with Gasteiger partial charge in [-0.25, -0.2) is 8.42 Å². The van der Waals surface area contributed by atoms with Crippen molar-refractivity contribution in [2.75, 3.05) is 19.6 Å². The first-order valence-corrected chi connectivity index (χ1v) is 11.1. The van der Waals surface area contributed by atoms with Crippen molar-refractivity contribution < 1.29 is 18.0 Å². The summed E-state index contributed by atoms with van der Waals surface area (Å²) >= 11 is 0. The second-order valence-corrected chi connectivity index (χ2v) is 8.87. The van der Waals surface area contributed by atoms with E-state index in [1.807, 2.05) is 30.3 Å². The summed E-state index contributed by atoms with van der Waals surface area (Å²) in [7, 11) is -3.42. The van der Waals surface area contributed by atoms with Crippen LogP contribution >= 0.6 is 0 Å². The summed E-state index contributed by atoms with van der Waals surface area (Å²) in [4.78, 5) is 24.0. The first kappa shape index (κ1) is 21.0. The molecular weight excluding hydrogens is 390 g/mol. The lowest BCUT2D eigenvalue weighted by Crippen LogP contribution is -2.40. The van der Waals surface area contributed by atoms with Gasteiger partial charge in [-0.05, 0) is 42.5 Å². The molecule has 0 unspecified atom stereocenters. The predicted octanol–water partition coefficient (Wildman–Crippen LogP) is 1.45. The lowest BCUT2D eigenvalue weighted by molar-refractivity contribution is -0.139. The van der Waals surface area contributed by atoms with Crippen LogP contribution in [0.25, 0.3) is 0 Å². The average molecular weight is 416 g/mol. The van der Waals surface area contributed by atoms with Crippen molar-refractivity contribution >= 4 is 21.8 Å². The van der Waals surface area contributed by atoms with Crippen molar-refractivity contribution in [3.05, 3.63) is 65.7 Å². The number of sulfonamides is 1. The molecule has 0 bridgehead atoms. The van der Waals surface area contributed by atoms with Gasteiger partial charge in [0, 0.05) is 26.2 Å². The maximum absolute atomic E-state index is 12.5. The van der Waals surface area contributed by atoms with Crippen LogP contribution in [0.2, 0.25) is 0 Å². The Morgan fingerprint density at radius 3 is 2.10 bits per heavy atom. The third-order valence-electron chi connectivity index (χ3n) is 4.83. The van der Waals surface area contributed by atoms with Gasteiger partial charge in [-0.2, -0.15) is 4.31 Å². The van der Waals surface area contributed by atoms with Crippen LogP contribution < -0.4 is 10.6 Å². The van der Waals surface area contributed by atoms with Crippen LogP contribution in [0.5, 0.6) is 0 Å². The fourth-order valence-electron chi connectivity index (χ4n) is 3.16. The highest BCUT2D eigenvalue weighted by Gasteiger charge is 2.26. The minimum Gasteiger partial charge on any atom is -0.348 e. The Kier molecular flexibility index (Phi) is 7.00. The molecule has 0 radical (unpaired) electrons. The van der Waals surface area contributed by atoms with E-state index in [1.165, 1.54) is 4.31 Å². The summed E-state index contributed by atoms with van der Waals surface area (Å²) in [5.41, 5.74) is 1.80. The summed E-state index contributed by atoms with van der Waals surface area (Å²) in [6.07, 6.45) is 2.30. The van der Waals surface area contributed by atoms with Crippen molar-refractivity contribution in [2.45, 2.75) is 30.7 Å². The van der Waals surface area contributed by atoms with E-state index >= 15 is 0 Å². The van der Waals surface area contributed by atoms with Gasteiger partial charge in [-0.15, -0.1) is 0 Å². The Bertz CT molecular complexity index is 938. The van der Waals surface area contributed by atoms with Crippen molar-refractivity contribution in [3.8, 4) is 0 Å². The number of nitrogens with zero attached hydrogens (tertiary/aromatic N) is 1. The highest BCUT2D eigenvalue weighted by Crippen LogP contribution is 2.21. The molecule has 1 aliphatic rings. The van der Waals surface area contributed by atoms with Gasteiger partial charge < -0.3 is 10.6 Å². The second kappa shape index (κ2) is 9.67. The van der Waals surface area contributed by atoms with Crippen LogP contribution in [0.3, 0.4) is 0 Å². The first-order valence-electron chi connectivity index (χ1n) is 9.66. The maximum Gasteiger partial charge on any atom is 0.309 e. The molecule has 0 atom stereocenters. The Hall–Kier alpha value is -2.71. The second-order valence-electron chi connectivity index (χ2n) is 6.93. The number of hydrogen-bond acceptors (Lipinski definition) is 4. The standard InChI is InChI=1S/C21H25N3O4S/c25-20(21(26)23-16-18-6-2-1-3-7-18)22-13-12-17-8-10-19(11-9-17)29(27,28)24-14-4-5-15-24/h1-3,6-11H,4-5,12-16H2,(H,22,25)(H,23,26). The molecule has 2 aromatic rings. The summed E-state index contributed by atoms with van der Waals surface area (Å²) in [5.74, 6) is -1.37. The van der Waals surface area contributed by atoms with E-state index < -0.39 is 21.8 Å². The van der Waals surface area contributed by atoms with Crippen molar-refractivity contribution in [2.24, 2.45) is 0 Å². The molecule has 2 amide bonds. The number of carbonyl (C=O) groups excluding carboxylic acids is 2. The van der Waals surface area contributed by atoms with Crippen LogP contribution in [0.4, 0.5) is 0 Å². The third kappa shape index (κ3) is 5.65. The molecule has 1 fully saturated rings. The van der Waals surface area contributed by atoms with Gasteiger partial charge in [0.15, 0.2) is 0 Å². The Morgan fingerprint density at radius 1 is 0.828 bits per heavy atom. The molecule has 8 heteroatoms. The van der Waals surface area contributed by atoms with E-state index in [9.17, 15) is 18.0 Å². The van der Waals surface area contributed by atoms with E-state index in [-0.39, 0.29) is 11.4 Å². The van der Waals surface area contributed by atoms with Gasteiger partial charge in [-0.3, -0.25) is 9.59 Å². The van der Waals surface area contributed by atoms with Gasteiger partial charge >= 0.3 is 11.8 Å². The molecule has 0 spiro atoms. The molecule has 3 rings (SSSR count). The molecule has 29 heavy (non-hydrogen) atoms. The fraction of sp³-hybridized carbons (Fsp3) is 0.333. The highest BCUT2D eigenvalue weighted by atomic mass is 32.2. The summed E-state index contributed by atoms with van der Waals surface area (Å²) in [5, 5.41) is 5.16. The largest absolute Gasteiger partial charge is 0.348 e. The molecule has 154 valence electrons. The lowest BCUT2D eigenvalue weighted by Gasteiger charge is -2.15. The van der Waals surface area contributed by atoms with Crippen LogP contribution in [0, 0.1) is 0 Å². The smallest absolute Gasteiger partial charge is 0.309 e. The number of amides is 2. The number of rotatable bonds is 7. The van der Waals surface area contributed by atoms with E-state index in [0.29, 0.717) is 26.1 Å². The van der Waals surface area contributed by atoms with Crippen molar-refractivity contribution in [3.63, 3.8) is 0 Å². The molecule has 7 nitrogen and oxygen atoms in total. The van der Waals surface area contributed by atoms with Crippen molar-refractivity contribution in [1.82, 2.24) is 14.9 Å². The van der Waals surface area contributed by atoms with E-state index in [1.54, 1.807) is 24.3 Å². The van der Waals surface area contributed by atoms with E-state index in [2.05, 4.69) is 10.6 Å². The Morgan fingerprint density at radius 2 is 1.45 bits per heavy atom. The van der Waals surface area contributed by atoms with Crippen molar-refractivity contribution in [1.29, 1.82) is 0 Å². The molecule has 1 heterocycles. The molecule has 0 saturated carbocycles. The summed E-state index contributed by atoms with van der Waals surface area (Å²) in [6.45, 7) is 1.72. The molecule has 1 aliphatic heterocycles. The third-order valence-corrected chi connectivity index (χ3v) is 6.74. The molecular formula is C21H25N3O4S. The molecule has 0 aliphatic carbocycles. The van der Waals surface area contributed by atoms with Gasteiger partial charge in [0.2, 0.25) is 10.0 Å². The average Bonchev–Trinajstić information content (AvgIpc) is 3.29. The summed E-state index contributed by atoms with van der Waals surface area (Å²) in [6, 6.07) is 16.0. The SMILES string of the molecule is O=C(NCCc1ccc(S(=O)(=O)N2CCCC2)cc1)C(=O)NCc1ccccc1. The Balaban J connectivity index is 1.44. The molecule has 1 saturated heterocycles. The monoisotopic (exact) mass is 415 g/mol. The number of nitrogens with one attached hydrogen (secondary N) is 2. The minimum absolute atomic E-state index is 0.285. The van der Waals surface area contributed by atoms with Gasteiger partial charge in [0.25, 0.3) is 0 Å². The van der Waals surface area contributed by atoms with Crippen LogP contribution in [-0.2, 0) is 32.6 Å². The molecule has 2 aromatic carbocycles. The Labute approximate surface area is 171 Å². The van der Waals surface area contributed by atoms with E-state index in [0.717, 1.165) is 24.0 Å². The fourth-order valence-corrected chi connectivity index (χ4v) is 4.68. The normalized spacial score (nSPS) is 14.5. The molecule has 0 aromatic heterocycles. The number of benzene rings is 2. The lowest BCUT2D eigenvalue weighted by atomic mass is 10.1. The van der Waals surface area contributed by atoms with E-state index in [4.69, 9.17) is 0 Å². The van der Waals surface area contributed by atoms with Crippen LogP contribution in [0.1, 0.15) is 24.0 Å². The first-order chi connectivity index (χ1) is 14.0. The number of hydrogen-bond donors (Lipinski definition) is 2. The molecule has 2 N–H and O–H groups in total. The summed E-state index contributed by atoms with van der Waals surface area (Å²) < 4.78 is 26.5. The van der Waals surface area contributed by atoms with Crippen LogP contribution in [-0.4, -0.2) is 44.2 Å². The van der Waals surface area contributed by atoms with Gasteiger partial charge in [0.05, 0.1) is 4.90 Å². The topological polar surface area (TPSA) is 95.6 Å². The zero-order chi connectivity index (χ0) is 20.7. The number of carbonyl (C=O) groups is 2. The maximum atomic E-state index is 12.5. The predicted molar refractivity (Wildman–Crippen MR) is 109 cm³/mol. The highest BCUT2D eigenvalue weighted by molar-refractivity contribution is 7.89. The zero-order valence-electron chi connectivity index (χ0n) is 16.1. The van der Waals surface area contributed by atoms with Gasteiger partial charge in [0.1, 0.15) is 0 Å².